The number of hydrogen-bond acceptors (Lipinski definition) is 3. The van der Waals surface area contributed by atoms with Crippen LogP contribution < -0.4 is 0 Å². The highest BCUT2D eigenvalue weighted by Crippen LogP contribution is 2.21. The number of carbonyl (C=O) groups excluding carboxylic acids is 1. The second kappa shape index (κ2) is 6.34. The predicted molar refractivity (Wildman–Crippen MR) is 71.9 cm³/mol. The molecular formula is C13H21ClN2O2. The summed E-state index contributed by atoms with van der Waals surface area (Å²) in [5, 5.41) is 4.81. The van der Waals surface area contributed by atoms with E-state index >= 15 is 0 Å². The van der Waals surface area contributed by atoms with Crippen LogP contribution in [0.3, 0.4) is 0 Å². The highest BCUT2D eigenvalue weighted by Gasteiger charge is 2.21. The molecule has 0 spiro atoms. The summed E-state index contributed by atoms with van der Waals surface area (Å²) in [6, 6.07) is 0. The van der Waals surface area contributed by atoms with Crippen molar-refractivity contribution in [1.29, 1.82) is 0 Å². The van der Waals surface area contributed by atoms with Crippen molar-refractivity contribution in [2.24, 2.45) is 5.41 Å². The van der Waals surface area contributed by atoms with Gasteiger partial charge in [0, 0.05) is 18.9 Å². The zero-order valence-corrected chi connectivity index (χ0v) is 12.3. The van der Waals surface area contributed by atoms with Crippen molar-refractivity contribution >= 4 is 17.4 Å². The van der Waals surface area contributed by atoms with E-state index in [4.69, 9.17) is 16.3 Å². The van der Waals surface area contributed by atoms with Gasteiger partial charge in [-0.05, 0) is 6.42 Å². The van der Waals surface area contributed by atoms with Gasteiger partial charge in [-0.25, -0.2) is 0 Å². The Kier molecular flexibility index (Phi) is 5.35. The van der Waals surface area contributed by atoms with Crippen LogP contribution in [0, 0.1) is 5.41 Å². The Morgan fingerprint density at radius 1 is 1.50 bits per heavy atom. The zero-order valence-electron chi connectivity index (χ0n) is 11.5. The average molecular weight is 273 g/mol. The van der Waals surface area contributed by atoms with Gasteiger partial charge in [-0.3, -0.25) is 9.48 Å². The molecule has 1 aromatic heterocycles. The minimum Gasteiger partial charge on any atom is -0.383 e. The van der Waals surface area contributed by atoms with Gasteiger partial charge >= 0.3 is 0 Å². The van der Waals surface area contributed by atoms with Gasteiger partial charge < -0.3 is 4.74 Å². The number of nitrogens with zero attached hydrogens (tertiary/aromatic N) is 2. The van der Waals surface area contributed by atoms with Gasteiger partial charge in [0.25, 0.3) is 0 Å². The van der Waals surface area contributed by atoms with Crippen LogP contribution in [0.2, 0.25) is 5.02 Å². The molecule has 0 aliphatic carbocycles. The van der Waals surface area contributed by atoms with E-state index in [9.17, 15) is 4.79 Å². The van der Waals surface area contributed by atoms with Crippen LogP contribution >= 0.6 is 11.6 Å². The van der Waals surface area contributed by atoms with Gasteiger partial charge in [0.1, 0.15) is 5.78 Å². The highest BCUT2D eigenvalue weighted by atomic mass is 35.5. The fraction of sp³-hybridized carbons (Fsp3) is 0.692. The molecule has 0 saturated carbocycles. The lowest BCUT2D eigenvalue weighted by Gasteiger charge is -2.16. The van der Waals surface area contributed by atoms with E-state index in [2.05, 4.69) is 5.10 Å². The third-order valence-corrected chi connectivity index (χ3v) is 3.15. The predicted octanol–water partition coefficient (Wildman–Crippen LogP) is 2.73. The molecule has 1 heterocycles. The third kappa shape index (κ3) is 4.10. The quantitative estimate of drug-likeness (QED) is 0.800. The summed E-state index contributed by atoms with van der Waals surface area (Å²) in [6.45, 7) is 7.03. The molecule has 0 radical (unpaired) electrons. The Morgan fingerprint density at radius 3 is 2.72 bits per heavy atom. The number of Topliss-reactive ketones (excluding diaryl/α,β-unsaturated/α-hetero) is 1. The van der Waals surface area contributed by atoms with Gasteiger partial charge in [0.15, 0.2) is 0 Å². The van der Waals surface area contributed by atoms with Crippen molar-refractivity contribution < 1.29 is 9.53 Å². The summed E-state index contributed by atoms with van der Waals surface area (Å²) in [5.41, 5.74) is 0.607. The number of ketones is 1. The number of halogens is 1. The topological polar surface area (TPSA) is 44.1 Å². The number of carbonyl (C=O) groups is 1. The van der Waals surface area contributed by atoms with E-state index < -0.39 is 0 Å². The normalized spacial score (nSPS) is 11.8. The number of ether oxygens (including phenoxy) is 1. The number of rotatable bonds is 6. The standard InChI is InChI=1S/C13H21ClN2O2/c1-13(2,3)12(17)6-5-11-10(14)9-15-16(11)7-8-18-4/h9H,5-8H2,1-4H3. The Labute approximate surface area is 113 Å². The molecule has 0 unspecified atom stereocenters. The van der Waals surface area contributed by atoms with Gasteiger partial charge in [-0.15, -0.1) is 0 Å². The molecule has 0 atom stereocenters. The Morgan fingerprint density at radius 2 is 2.17 bits per heavy atom. The van der Waals surface area contributed by atoms with E-state index in [1.807, 2.05) is 25.5 Å². The second-order valence-electron chi connectivity index (χ2n) is 5.33. The van der Waals surface area contributed by atoms with Crippen LogP contribution in [0.4, 0.5) is 0 Å². The first kappa shape index (κ1) is 15.2. The lowest BCUT2D eigenvalue weighted by atomic mass is 9.88. The van der Waals surface area contributed by atoms with Crippen molar-refractivity contribution in [3.05, 3.63) is 16.9 Å². The smallest absolute Gasteiger partial charge is 0.138 e. The van der Waals surface area contributed by atoms with Crippen molar-refractivity contribution in [2.45, 2.75) is 40.2 Å². The van der Waals surface area contributed by atoms with E-state index in [0.717, 1.165) is 5.69 Å². The second-order valence-corrected chi connectivity index (χ2v) is 5.74. The molecule has 102 valence electrons. The third-order valence-electron chi connectivity index (χ3n) is 2.83. The fourth-order valence-corrected chi connectivity index (χ4v) is 1.85. The van der Waals surface area contributed by atoms with Gasteiger partial charge in [-0.2, -0.15) is 5.10 Å². The molecule has 0 aromatic carbocycles. The molecule has 5 heteroatoms. The van der Waals surface area contributed by atoms with E-state index in [0.29, 0.717) is 31.0 Å². The van der Waals surface area contributed by atoms with Crippen LogP contribution in [-0.4, -0.2) is 29.3 Å². The first-order chi connectivity index (χ1) is 8.36. The van der Waals surface area contributed by atoms with Crippen molar-refractivity contribution in [3.8, 4) is 0 Å². The first-order valence-corrected chi connectivity index (χ1v) is 6.46. The SMILES string of the molecule is COCCn1ncc(Cl)c1CCC(=O)C(C)(C)C. The highest BCUT2D eigenvalue weighted by molar-refractivity contribution is 6.31. The zero-order chi connectivity index (χ0) is 13.8. The molecule has 1 rings (SSSR count). The molecule has 0 aliphatic rings. The lowest BCUT2D eigenvalue weighted by Crippen LogP contribution is -2.21. The molecule has 0 fully saturated rings. The van der Waals surface area contributed by atoms with E-state index in [1.54, 1.807) is 13.3 Å². The van der Waals surface area contributed by atoms with Gasteiger partial charge in [0.05, 0.1) is 30.1 Å². The molecule has 1 aromatic rings. The maximum atomic E-state index is 11.9. The number of aromatic nitrogens is 2. The molecular weight excluding hydrogens is 252 g/mol. The Bertz CT molecular complexity index is 408. The van der Waals surface area contributed by atoms with E-state index in [-0.39, 0.29) is 11.2 Å². The summed E-state index contributed by atoms with van der Waals surface area (Å²) >= 11 is 6.09. The Balaban J connectivity index is 2.66. The Hall–Kier alpha value is -0.870. The van der Waals surface area contributed by atoms with Gasteiger partial charge in [-0.1, -0.05) is 32.4 Å². The molecule has 4 nitrogen and oxygen atoms in total. The van der Waals surface area contributed by atoms with Crippen LogP contribution in [0.25, 0.3) is 0 Å². The fourth-order valence-electron chi connectivity index (χ4n) is 1.61. The molecule has 0 aliphatic heterocycles. The summed E-state index contributed by atoms with van der Waals surface area (Å²) in [6.07, 6.45) is 2.73. The maximum Gasteiger partial charge on any atom is 0.138 e. The molecule has 0 bridgehead atoms. The lowest BCUT2D eigenvalue weighted by molar-refractivity contribution is -0.126. The largest absolute Gasteiger partial charge is 0.383 e. The van der Waals surface area contributed by atoms with Crippen molar-refractivity contribution in [1.82, 2.24) is 9.78 Å². The molecule has 0 N–H and O–H groups in total. The van der Waals surface area contributed by atoms with E-state index in [1.165, 1.54) is 0 Å². The summed E-state index contributed by atoms with van der Waals surface area (Å²) in [4.78, 5) is 11.9. The van der Waals surface area contributed by atoms with Crippen LogP contribution in [0.15, 0.2) is 6.20 Å². The minimum absolute atomic E-state index is 0.234. The average Bonchev–Trinajstić information content (AvgIpc) is 2.63. The number of methoxy groups -OCH3 is 1. The first-order valence-electron chi connectivity index (χ1n) is 6.08. The number of hydrogen-bond donors (Lipinski definition) is 0. The molecule has 18 heavy (non-hydrogen) atoms. The van der Waals surface area contributed by atoms with Crippen LogP contribution in [-0.2, 0) is 22.5 Å². The van der Waals surface area contributed by atoms with Crippen LogP contribution in [0.1, 0.15) is 32.9 Å². The van der Waals surface area contributed by atoms with Crippen molar-refractivity contribution in [2.75, 3.05) is 13.7 Å². The summed E-state index contributed by atoms with van der Waals surface area (Å²) < 4.78 is 6.83. The molecule has 0 saturated heterocycles. The summed E-state index contributed by atoms with van der Waals surface area (Å²) in [7, 11) is 1.65. The van der Waals surface area contributed by atoms with Crippen molar-refractivity contribution in [3.63, 3.8) is 0 Å². The van der Waals surface area contributed by atoms with Gasteiger partial charge in [0.2, 0.25) is 0 Å². The van der Waals surface area contributed by atoms with Crippen LogP contribution in [0.5, 0.6) is 0 Å². The summed E-state index contributed by atoms with van der Waals surface area (Å²) in [5.74, 6) is 0.234. The minimum atomic E-state index is -0.302. The maximum absolute atomic E-state index is 11.9. The monoisotopic (exact) mass is 272 g/mol. The molecule has 0 amide bonds.